The Morgan fingerprint density at radius 1 is 0.923 bits per heavy atom. The van der Waals surface area contributed by atoms with Gasteiger partial charge in [-0.2, -0.15) is 0 Å². The lowest BCUT2D eigenvalue weighted by molar-refractivity contribution is -0.140. The number of anilines is 1. The highest BCUT2D eigenvalue weighted by molar-refractivity contribution is 7.92. The second-order valence-corrected chi connectivity index (χ2v) is 12.0. The van der Waals surface area contributed by atoms with Crippen molar-refractivity contribution in [2.45, 2.75) is 39.8 Å². The summed E-state index contributed by atoms with van der Waals surface area (Å²) in [6.07, 6.45) is 1.20. The summed E-state index contributed by atoms with van der Waals surface area (Å²) >= 11 is 0. The van der Waals surface area contributed by atoms with Crippen LogP contribution in [0.15, 0.2) is 78.9 Å². The summed E-state index contributed by atoms with van der Waals surface area (Å²) in [5, 5.41) is 2.90. The molecule has 3 rings (SSSR count). The number of hydrogen-bond donors (Lipinski definition) is 1. The van der Waals surface area contributed by atoms with Crippen molar-refractivity contribution in [1.29, 1.82) is 0 Å². The third-order valence-electron chi connectivity index (χ3n) is 6.26. The summed E-state index contributed by atoms with van der Waals surface area (Å²) in [4.78, 5) is 28.8. The maximum atomic E-state index is 14.8. The Labute approximate surface area is 230 Å². The van der Waals surface area contributed by atoms with Crippen molar-refractivity contribution in [3.63, 3.8) is 0 Å². The smallest absolute Gasteiger partial charge is 0.244 e. The molecule has 1 unspecified atom stereocenters. The number of benzene rings is 3. The highest BCUT2D eigenvalue weighted by Crippen LogP contribution is 2.21. The minimum atomic E-state index is -3.86. The van der Waals surface area contributed by atoms with E-state index in [9.17, 15) is 22.4 Å². The Hall–Kier alpha value is -3.72. The molecule has 1 N–H and O–H groups in total. The van der Waals surface area contributed by atoms with Crippen molar-refractivity contribution in [3.05, 3.63) is 101 Å². The summed E-state index contributed by atoms with van der Waals surface area (Å²) in [7, 11) is -3.86. The number of nitrogens with zero attached hydrogens (tertiary/aromatic N) is 2. The van der Waals surface area contributed by atoms with Gasteiger partial charge in [0.25, 0.3) is 0 Å². The molecule has 0 radical (unpaired) electrons. The van der Waals surface area contributed by atoms with Crippen molar-refractivity contribution in [2.75, 3.05) is 23.7 Å². The first-order valence-electron chi connectivity index (χ1n) is 12.8. The topological polar surface area (TPSA) is 86.8 Å². The monoisotopic (exact) mass is 553 g/mol. The normalized spacial score (nSPS) is 12.2. The third kappa shape index (κ3) is 8.64. The van der Waals surface area contributed by atoms with Crippen LogP contribution in [0.4, 0.5) is 10.1 Å². The molecule has 0 heterocycles. The predicted molar refractivity (Wildman–Crippen MR) is 152 cm³/mol. The van der Waals surface area contributed by atoms with Gasteiger partial charge in [-0.05, 0) is 36.6 Å². The zero-order chi connectivity index (χ0) is 28.6. The van der Waals surface area contributed by atoms with Gasteiger partial charge in [-0.25, -0.2) is 12.8 Å². The number of carbonyl (C=O) groups excluding carboxylic acids is 2. The predicted octanol–water partition coefficient (Wildman–Crippen LogP) is 4.31. The van der Waals surface area contributed by atoms with E-state index in [1.807, 2.05) is 51.1 Å². The SMILES string of the molecule is Cc1ccc(N(CC(=O)N(Cc2ccccc2F)C(Cc2ccccc2)C(=O)NCC(C)C)S(C)(=O)=O)cc1. The summed E-state index contributed by atoms with van der Waals surface area (Å²) in [6.45, 7) is 5.44. The van der Waals surface area contributed by atoms with Gasteiger partial charge in [0, 0.05) is 25.1 Å². The number of aryl methyl sites for hydroxylation is 1. The van der Waals surface area contributed by atoms with E-state index in [1.54, 1.807) is 42.5 Å². The molecule has 0 aliphatic heterocycles. The van der Waals surface area contributed by atoms with Crippen molar-refractivity contribution >= 4 is 27.5 Å². The molecule has 0 saturated carbocycles. The van der Waals surface area contributed by atoms with Gasteiger partial charge in [0.15, 0.2) is 0 Å². The fourth-order valence-corrected chi connectivity index (χ4v) is 4.96. The van der Waals surface area contributed by atoms with E-state index in [4.69, 9.17) is 0 Å². The minimum absolute atomic E-state index is 0.171. The second kappa shape index (κ2) is 13.4. The molecule has 208 valence electrons. The van der Waals surface area contributed by atoms with Crippen LogP contribution in [-0.2, 0) is 32.6 Å². The molecule has 0 fully saturated rings. The molecule has 3 aromatic carbocycles. The van der Waals surface area contributed by atoms with Crippen LogP contribution in [0.5, 0.6) is 0 Å². The zero-order valence-corrected chi connectivity index (χ0v) is 23.6. The van der Waals surface area contributed by atoms with Crippen LogP contribution in [0.3, 0.4) is 0 Å². The molecule has 9 heteroatoms. The van der Waals surface area contributed by atoms with E-state index in [1.165, 1.54) is 11.0 Å². The largest absolute Gasteiger partial charge is 0.354 e. The highest BCUT2D eigenvalue weighted by atomic mass is 32.2. The molecule has 0 aromatic heterocycles. The van der Waals surface area contributed by atoms with Gasteiger partial charge in [-0.15, -0.1) is 0 Å². The minimum Gasteiger partial charge on any atom is -0.354 e. The van der Waals surface area contributed by atoms with Crippen LogP contribution in [0.25, 0.3) is 0 Å². The van der Waals surface area contributed by atoms with Gasteiger partial charge in [0.05, 0.1) is 11.9 Å². The Morgan fingerprint density at radius 2 is 1.54 bits per heavy atom. The number of amides is 2. The lowest BCUT2D eigenvalue weighted by atomic mass is 10.0. The van der Waals surface area contributed by atoms with Crippen LogP contribution in [0.1, 0.15) is 30.5 Å². The van der Waals surface area contributed by atoms with Gasteiger partial charge >= 0.3 is 0 Å². The summed E-state index contributed by atoms with van der Waals surface area (Å²) in [6, 6.07) is 21.0. The van der Waals surface area contributed by atoms with Crippen LogP contribution < -0.4 is 9.62 Å². The summed E-state index contributed by atoms with van der Waals surface area (Å²) in [5.41, 5.74) is 2.30. The molecule has 0 aliphatic carbocycles. The van der Waals surface area contributed by atoms with Crippen LogP contribution in [-0.4, -0.2) is 50.5 Å². The average Bonchev–Trinajstić information content (AvgIpc) is 2.89. The molecule has 0 aliphatic rings. The van der Waals surface area contributed by atoms with Crippen molar-refractivity contribution in [1.82, 2.24) is 10.2 Å². The Morgan fingerprint density at radius 3 is 2.13 bits per heavy atom. The Bertz CT molecular complexity index is 1360. The van der Waals surface area contributed by atoms with Crippen molar-refractivity contribution in [2.24, 2.45) is 5.92 Å². The number of hydrogen-bond acceptors (Lipinski definition) is 4. The second-order valence-electron chi connectivity index (χ2n) is 10.1. The van der Waals surface area contributed by atoms with E-state index in [0.717, 1.165) is 21.7 Å². The summed E-state index contributed by atoms with van der Waals surface area (Å²) < 4.78 is 41.3. The van der Waals surface area contributed by atoms with Crippen LogP contribution in [0, 0.1) is 18.7 Å². The van der Waals surface area contributed by atoms with E-state index < -0.39 is 40.2 Å². The molecule has 0 bridgehead atoms. The maximum absolute atomic E-state index is 14.8. The van der Waals surface area contributed by atoms with Gasteiger partial charge in [-0.3, -0.25) is 13.9 Å². The lowest BCUT2D eigenvalue weighted by Gasteiger charge is -2.33. The third-order valence-corrected chi connectivity index (χ3v) is 7.40. The maximum Gasteiger partial charge on any atom is 0.244 e. The fourth-order valence-electron chi connectivity index (χ4n) is 4.11. The van der Waals surface area contributed by atoms with E-state index >= 15 is 0 Å². The molecule has 0 saturated heterocycles. The van der Waals surface area contributed by atoms with Crippen LogP contribution in [0.2, 0.25) is 0 Å². The van der Waals surface area contributed by atoms with E-state index in [2.05, 4.69) is 5.32 Å². The van der Waals surface area contributed by atoms with Gasteiger partial charge in [0.2, 0.25) is 21.8 Å². The van der Waals surface area contributed by atoms with E-state index in [-0.39, 0.29) is 24.4 Å². The Kier molecular flexibility index (Phi) is 10.2. The number of nitrogens with one attached hydrogen (secondary N) is 1. The lowest BCUT2D eigenvalue weighted by Crippen LogP contribution is -2.53. The molecule has 39 heavy (non-hydrogen) atoms. The first-order valence-corrected chi connectivity index (χ1v) is 14.7. The molecule has 3 aromatic rings. The van der Waals surface area contributed by atoms with Gasteiger partial charge in [0.1, 0.15) is 18.4 Å². The standard InChI is InChI=1S/C30H36FN3O4S/c1-22(2)19-32-30(36)28(18-24-10-6-5-7-11-24)33(20-25-12-8-9-13-27(25)31)29(35)21-34(39(4,37)38)26-16-14-23(3)15-17-26/h5-17,22,28H,18-21H2,1-4H3,(H,32,36). The van der Waals surface area contributed by atoms with Gasteiger partial charge in [-0.1, -0.05) is 80.1 Å². The average molecular weight is 554 g/mol. The first-order chi connectivity index (χ1) is 18.5. The molecule has 1 atom stereocenters. The molecule has 7 nitrogen and oxygen atoms in total. The number of rotatable bonds is 12. The number of carbonyl (C=O) groups is 2. The molecule has 2 amide bonds. The van der Waals surface area contributed by atoms with E-state index in [0.29, 0.717) is 12.2 Å². The fraction of sp³-hybridized carbons (Fsp3) is 0.333. The zero-order valence-electron chi connectivity index (χ0n) is 22.8. The van der Waals surface area contributed by atoms with Gasteiger partial charge < -0.3 is 10.2 Å². The molecular formula is C30H36FN3O4S. The first kappa shape index (κ1) is 29.8. The van der Waals surface area contributed by atoms with Crippen LogP contribution >= 0.6 is 0 Å². The number of sulfonamides is 1. The molecule has 0 spiro atoms. The number of halogens is 1. The quantitative estimate of drug-likeness (QED) is 0.362. The molecular weight excluding hydrogens is 517 g/mol. The Balaban J connectivity index is 2.05. The highest BCUT2D eigenvalue weighted by Gasteiger charge is 2.33. The van der Waals surface area contributed by atoms with Crippen molar-refractivity contribution < 1.29 is 22.4 Å². The summed E-state index contributed by atoms with van der Waals surface area (Å²) in [5.74, 6) is -1.36. The van der Waals surface area contributed by atoms with Crippen molar-refractivity contribution in [3.8, 4) is 0 Å².